The van der Waals surface area contributed by atoms with Gasteiger partial charge in [-0.1, -0.05) is 30.3 Å². The summed E-state index contributed by atoms with van der Waals surface area (Å²) in [6.45, 7) is 7.73. The molecule has 3 heterocycles. The zero-order valence-corrected chi connectivity index (χ0v) is 20.0. The van der Waals surface area contributed by atoms with Crippen molar-refractivity contribution in [2.24, 2.45) is 5.41 Å². The molecule has 3 aliphatic rings. The van der Waals surface area contributed by atoms with Crippen LogP contribution in [0, 0.1) is 5.41 Å². The van der Waals surface area contributed by atoms with E-state index in [0.717, 1.165) is 38.7 Å². The van der Waals surface area contributed by atoms with Gasteiger partial charge in [-0.3, -0.25) is 9.88 Å². The molecule has 2 aromatic rings. The van der Waals surface area contributed by atoms with Gasteiger partial charge in [0.15, 0.2) is 5.69 Å². The van der Waals surface area contributed by atoms with Crippen LogP contribution in [0.3, 0.4) is 0 Å². The van der Waals surface area contributed by atoms with Crippen molar-refractivity contribution in [3.8, 4) is 0 Å². The first-order chi connectivity index (χ1) is 16.6. The minimum atomic E-state index is -4.54. The van der Waals surface area contributed by atoms with Crippen LogP contribution in [0.25, 0.3) is 0 Å². The number of nitrogens with zero attached hydrogens (tertiary/aromatic N) is 5. The molecule has 2 amide bonds. The van der Waals surface area contributed by atoms with Crippen LogP contribution in [0.1, 0.15) is 37.9 Å². The standard InChI is InChI=1S/C25H31F3N6O/c1-17-12-33(22-11-29-10-21(31-22)25(26,27)28)13-18(2)34(17)23(35)30-20-8-24(9-20)15-32(16-24)14-19-6-4-3-5-7-19/h3-7,10-11,17-18,20H,8-9,12-16H2,1-2H3,(H,30,35)/t17-,18-/m1/s1. The highest BCUT2D eigenvalue weighted by atomic mass is 19.4. The van der Waals surface area contributed by atoms with Crippen LogP contribution in [-0.2, 0) is 12.7 Å². The Morgan fingerprint density at radius 1 is 1.09 bits per heavy atom. The minimum Gasteiger partial charge on any atom is -0.351 e. The van der Waals surface area contributed by atoms with Crippen LogP contribution in [0.4, 0.5) is 23.8 Å². The van der Waals surface area contributed by atoms with E-state index in [9.17, 15) is 18.0 Å². The molecule has 2 atom stereocenters. The van der Waals surface area contributed by atoms with Crippen molar-refractivity contribution >= 4 is 11.8 Å². The SMILES string of the molecule is C[C@@H]1CN(c2cncc(C(F)(F)F)n2)C[C@@H](C)N1C(=O)NC1CC2(C1)CN(Cc1ccccc1)C2. The number of halogens is 3. The van der Waals surface area contributed by atoms with Crippen LogP contribution >= 0.6 is 0 Å². The fraction of sp³-hybridized carbons (Fsp3) is 0.560. The first-order valence-corrected chi connectivity index (χ1v) is 12.1. The van der Waals surface area contributed by atoms with Gasteiger partial charge in [0.1, 0.15) is 5.82 Å². The highest BCUT2D eigenvalue weighted by Crippen LogP contribution is 2.48. The van der Waals surface area contributed by atoms with Gasteiger partial charge in [-0.05, 0) is 37.7 Å². The van der Waals surface area contributed by atoms with E-state index in [-0.39, 0.29) is 30.0 Å². The molecule has 7 nitrogen and oxygen atoms in total. The summed E-state index contributed by atoms with van der Waals surface area (Å²) in [4.78, 5) is 26.6. The molecule has 0 unspecified atom stereocenters. The molecule has 1 aromatic carbocycles. The number of amides is 2. The van der Waals surface area contributed by atoms with E-state index in [0.29, 0.717) is 18.5 Å². The maximum absolute atomic E-state index is 13.1. The summed E-state index contributed by atoms with van der Waals surface area (Å²) >= 11 is 0. The summed E-state index contributed by atoms with van der Waals surface area (Å²) in [6.07, 6.45) is -0.480. The van der Waals surface area contributed by atoms with Crippen molar-refractivity contribution < 1.29 is 18.0 Å². The summed E-state index contributed by atoms with van der Waals surface area (Å²) < 4.78 is 39.1. The van der Waals surface area contributed by atoms with Crippen LogP contribution in [-0.4, -0.2) is 70.1 Å². The van der Waals surface area contributed by atoms with E-state index in [2.05, 4.69) is 44.5 Å². The Labute approximate surface area is 203 Å². The number of rotatable bonds is 4. The monoisotopic (exact) mass is 488 g/mol. The maximum atomic E-state index is 13.1. The predicted molar refractivity (Wildman–Crippen MR) is 126 cm³/mol. The number of nitrogens with one attached hydrogen (secondary N) is 1. The third-order valence-corrected chi connectivity index (χ3v) is 7.44. The molecule has 10 heteroatoms. The highest BCUT2D eigenvalue weighted by Gasteiger charge is 2.52. The van der Waals surface area contributed by atoms with Gasteiger partial charge in [0.05, 0.1) is 12.4 Å². The van der Waals surface area contributed by atoms with Gasteiger partial charge in [-0.2, -0.15) is 13.2 Å². The zero-order valence-electron chi connectivity index (χ0n) is 20.0. The molecule has 35 heavy (non-hydrogen) atoms. The molecule has 188 valence electrons. The molecule has 1 aliphatic carbocycles. The molecule has 0 radical (unpaired) electrons. The normalized spacial score (nSPS) is 24.7. The number of hydrogen-bond donors (Lipinski definition) is 1. The topological polar surface area (TPSA) is 64.6 Å². The lowest BCUT2D eigenvalue weighted by Gasteiger charge is -2.59. The van der Waals surface area contributed by atoms with Gasteiger partial charge in [-0.15, -0.1) is 0 Å². The summed E-state index contributed by atoms with van der Waals surface area (Å²) in [7, 11) is 0. The molecular weight excluding hydrogens is 457 g/mol. The molecule has 5 rings (SSSR count). The average Bonchev–Trinajstić information content (AvgIpc) is 2.76. The van der Waals surface area contributed by atoms with Gasteiger partial charge >= 0.3 is 12.2 Å². The number of benzene rings is 1. The fourth-order valence-corrected chi connectivity index (χ4v) is 6.01. The molecule has 0 bridgehead atoms. The number of urea groups is 1. The summed E-state index contributed by atoms with van der Waals surface area (Å²) in [5.74, 6) is 0.185. The number of aromatic nitrogens is 2. The summed E-state index contributed by atoms with van der Waals surface area (Å²) in [5.41, 5.74) is 0.641. The Morgan fingerprint density at radius 3 is 2.37 bits per heavy atom. The van der Waals surface area contributed by atoms with Crippen molar-refractivity contribution in [2.75, 3.05) is 31.1 Å². The maximum Gasteiger partial charge on any atom is 0.434 e. The lowest BCUT2D eigenvalue weighted by molar-refractivity contribution is -0.141. The number of hydrogen-bond acceptors (Lipinski definition) is 5. The van der Waals surface area contributed by atoms with Crippen molar-refractivity contribution in [1.29, 1.82) is 0 Å². The smallest absolute Gasteiger partial charge is 0.351 e. The number of carbonyl (C=O) groups is 1. The molecule has 2 saturated heterocycles. The summed E-state index contributed by atoms with van der Waals surface area (Å²) in [5, 5.41) is 3.19. The number of alkyl halides is 3. The van der Waals surface area contributed by atoms with Crippen LogP contribution in [0.15, 0.2) is 42.7 Å². The summed E-state index contributed by atoms with van der Waals surface area (Å²) in [6, 6.07) is 10.2. The molecule has 1 spiro atoms. The van der Waals surface area contributed by atoms with Crippen LogP contribution < -0.4 is 10.2 Å². The van der Waals surface area contributed by atoms with Gasteiger partial charge in [0.2, 0.25) is 0 Å². The Balaban J connectivity index is 1.11. The van der Waals surface area contributed by atoms with Gasteiger partial charge in [0, 0.05) is 50.8 Å². The van der Waals surface area contributed by atoms with E-state index in [1.807, 2.05) is 24.8 Å². The minimum absolute atomic E-state index is 0.0971. The van der Waals surface area contributed by atoms with E-state index in [1.165, 1.54) is 11.8 Å². The second-order valence-electron chi connectivity index (χ2n) is 10.5. The first kappa shape index (κ1) is 23.8. The fourth-order valence-electron chi connectivity index (χ4n) is 6.01. The molecule has 1 N–H and O–H groups in total. The largest absolute Gasteiger partial charge is 0.434 e. The lowest BCUT2D eigenvalue weighted by Crippen LogP contribution is -2.68. The van der Waals surface area contributed by atoms with Gasteiger partial charge < -0.3 is 15.1 Å². The Morgan fingerprint density at radius 2 is 1.74 bits per heavy atom. The molecule has 2 aliphatic heterocycles. The zero-order chi connectivity index (χ0) is 24.8. The third-order valence-electron chi connectivity index (χ3n) is 7.44. The lowest BCUT2D eigenvalue weighted by atomic mass is 9.60. The second kappa shape index (κ2) is 8.96. The molecule has 1 aromatic heterocycles. The van der Waals surface area contributed by atoms with Crippen LogP contribution in [0.2, 0.25) is 0 Å². The Hall–Kier alpha value is -2.88. The van der Waals surface area contributed by atoms with Gasteiger partial charge in [-0.25, -0.2) is 9.78 Å². The van der Waals surface area contributed by atoms with Crippen LogP contribution in [0.5, 0.6) is 0 Å². The number of likely N-dealkylation sites (tertiary alicyclic amines) is 1. The predicted octanol–water partition coefficient (Wildman–Crippen LogP) is 3.77. The number of piperazine rings is 1. The second-order valence-corrected chi connectivity index (χ2v) is 10.5. The van der Waals surface area contributed by atoms with E-state index in [4.69, 9.17) is 0 Å². The van der Waals surface area contributed by atoms with Crippen molar-refractivity contribution in [1.82, 2.24) is 25.1 Å². The molecule has 3 fully saturated rings. The van der Waals surface area contributed by atoms with Crippen molar-refractivity contribution in [3.05, 3.63) is 54.0 Å². The number of carbonyl (C=O) groups excluding carboxylic acids is 1. The quantitative estimate of drug-likeness (QED) is 0.710. The highest BCUT2D eigenvalue weighted by molar-refractivity contribution is 5.76. The molecule has 1 saturated carbocycles. The first-order valence-electron chi connectivity index (χ1n) is 12.1. The van der Waals surface area contributed by atoms with Crippen molar-refractivity contribution in [3.63, 3.8) is 0 Å². The van der Waals surface area contributed by atoms with Gasteiger partial charge in [0.25, 0.3) is 0 Å². The van der Waals surface area contributed by atoms with E-state index in [1.54, 1.807) is 4.90 Å². The Bertz CT molecular complexity index is 1040. The Kier molecular flexibility index (Phi) is 6.11. The van der Waals surface area contributed by atoms with E-state index >= 15 is 0 Å². The average molecular weight is 489 g/mol. The number of anilines is 1. The molecular formula is C25H31F3N6O. The van der Waals surface area contributed by atoms with E-state index < -0.39 is 11.9 Å². The van der Waals surface area contributed by atoms with Crippen molar-refractivity contribution in [2.45, 2.75) is 57.5 Å². The third kappa shape index (κ3) is 4.94.